The zero-order valence-corrected chi connectivity index (χ0v) is 11.6. The van der Waals surface area contributed by atoms with Gasteiger partial charge in [-0.25, -0.2) is 0 Å². The molecule has 0 saturated heterocycles. The molecule has 0 aromatic rings. The Bertz CT molecular complexity index is 50.9. The second-order valence-corrected chi connectivity index (χ2v) is 7.03. The Morgan fingerprint density at radius 3 is 1.80 bits per heavy atom. The van der Waals surface area contributed by atoms with Crippen molar-refractivity contribution in [2.75, 3.05) is 0 Å². The van der Waals surface area contributed by atoms with E-state index in [1.54, 1.807) is 0 Å². The van der Waals surface area contributed by atoms with E-state index in [2.05, 4.69) is 20.8 Å². The van der Waals surface area contributed by atoms with E-state index in [-0.39, 0.29) is 0 Å². The van der Waals surface area contributed by atoms with Crippen LogP contribution < -0.4 is 0 Å². The quantitative estimate of drug-likeness (QED) is 0.644. The molecule has 0 rings (SSSR count). The van der Waals surface area contributed by atoms with Crippen LogP contribution in [-0.4, -0.2) is 0 Å². The molecule has 3 heteroatoms. The van der Waals surface area contributed by atoms with E-state index in [1.165, 1.54) is 19.3 Å². The van der Waals surface area contributed by atoms with Crippen LogP contribution in [0, 0.1) is 5.92 Å². The average molecular weight is 237 g/mol. The number of hydrogen-bond acceptors (Lipinski definition) is 0. The van der Waals surface area contributed by atoms with Crippen molar-refractivity contribution in [3.63, 3.8) is 0 Å². The maximum atomic E-state index is 4.95. The molecule has 0 bridgehead atoms. The van der Waals surface area contributed by atoms with E-state index in [0.29, 0.717) is 0 Å². The van der Waals surface area contributed by atoms with Gasteiger partial charge in [-0.3, -0.25) is 0 Å². The first-order valence-electron chi connectivity index (χ1n) is 3.84. The Balaban J connectivity index is 0. The van der Waals surface area contributed by atoms with Gasteiger partial charge >= 0.3 is 34.5 Å². The van der Waals surface area contributed by atoms with E-state index in [1.807, 2.05) is 0 Å². The summed E-state index contributed by atoms with van der Waals surface area (Å²) in [6, 6.07) is 0. The first-order chi connectivity index (χ1) is 4.72. The molecule has 0 aromatic heterocycles. The fourth-order valence-corrected chi connectivity index (χ4v) is 0.697. The van der Waals surface area contributed by atoms with E-state index >= 15 is 0 Å². The summed E-state index contributed by atoms with van der Waals surface area (Å²) in [6.45, 7) is 6.80. The van der Waals surface area contributed by atoms with E-state index < -0.39 is 15.1 Å². The summed E-state index contributed by atoms with van der Waals surface area (Å²) in [6.07, 6.45) is 4.08. The predicted octanol–water partition coefficient (Wildman–Crippen LogP) is 4.21. The summed E-state index contributed by atoms with van der Waals surface area (Å²) < 4.78 is 0. The van der Waals surface area contributed by atoms with Crippen molar-refractivity contribution in [1.82, 2.24) is 0 Å². The summed E-state index contributed by atoms with van der Waals surface area (Å²) in [5.41, 5.74) is 0. The van der Waals surface area contributed by atoms with Crippen molar-refractivity contribution >= 4 is 19.4 Å². The van der Waals surface area contributed by atoms with Crippen molar-refractivity contribution in [3.05, 3.63) is 0 Å². The summed E-state index contributed by atoms with van der Waals surface area (Å²) in [4.78, 5) is 0. The second kappa shape index (κ2) is 12.8. The van der Waals surface area contributed by atoms with Gasteiger partial charge in [0, 0.05) is 0 Å². The van der Waals surface area contributed by atoms with Gasteiger partial charge in [-0.2, -0.15) is 0 Å². The molecule has 10 heavy (non-hydrogen) atoms. The molecule has 1 atom stereocenters. The van der Waals surface area contributed by atoms with E-state index in [0.717, 1.165) is 5.92 Å². The summed E-state index contributed by atoms with van der Waals surface area (Å²) in [5.74, 6) is 0.949. The third-order valence-corrected chi connectivity index (χ3v) is 1.48. The van der Waals surface area contributed by atoms with Crippen LogP contribution in [0.5, 0.6) is 0 Å². The topological polar surface area (TPSA) is 0 Å². The van der Waals surface area contributed by atoms with Crippen molar-refractivity contribution in [2.45, 2.75) is 40.0 Å². The van der Waals surface area contributed by atoms with E-state index in [4.69, 9.17) is 19.4 Å². The number of hydrogen-bond donors (Lipinski definition) is 0. The van der Waals surface area contributed by atoms with Crippen molar-refractivity contribution in [2.24, 2.45) is 5.92 Å². The van der Waals surface area contributed by atoms with Gasteiger partial charge in [0.05, 0.1) is 0 Å². The molecule has 0 aliphatic rings. The van der Waals surface area contributed by atoms with Crippen molar-refractivity contribution in [3.8, 4) is 0 Å². The fraction of sp³-hybridized carbons (Fsp3) is 1.00. The van der Waals surface area contributed by atoms with Gasteiger partial charge in [0.25, 0.3) is 0 Å². The average Bonchev–Trinajstić information content (AvgIpc) is 1.90. The molecule has 0 nitrogen and oxygen atoms in total. The van der Waals surface area contributed by atoms with Crippen LogP contribution in [0.25, 0.3) is 0 Å². The Kier molecular flexibility index (Phi) is 17.7. The van der Waals surface area contributed by atoms with E-state index in [9.17, 15) is 0 Å². The molecule has 0 saturated carbocycles. The second-order valence-electron chi connectivity index (χ2n) is 2.40. The minimum absolute atomic E-state index is 0.931. The third-order valence-electron chi connectivity index (χ3n) is 1.48. The minimum atomic E-state index is -0.931. The molecule has 0 aliphatic carbocycles. The number of rotatable bonds is 3. The zero-order valence-electron chi connectivity index (χ0n) is 7.16. The molecule has 0 spiro atoms. The SMILES string of the molecule is CCCC(C)CC.[Cl][Zn][Cl]. The van der Waals surface area contributed by atoms with Gasteiger partial charge in [-0.1, -0.05) is 40.0 Å². The molecule has 0 fully saturated rings. The van der Waals surface area contributed by atoms with Gasteiger partial charge in [-0.05, 0) is 5.92 Å². The normalized spacial score (nSPS) is 10.9. The Labute approximate surface area is 80.4 Å². The fourth-order valence-electron chi connectivity index (χ4n) is 0.697. The van der Waals surface area contributed by atoms with Crippen LogP contribution in [0.3, 0.4) is 0 Å². The molecule has 0 radical (unpaired) electrons. The molecule has 0 amide bonds. The van der Waals surface area contributed by atoms with Gasteiger partial charge in [0.15, 0.2) is 0 Å². The standard InChI is InChI=1S/C7H16.2ClH.Zn/c1-4-6-7(3)5-2;;;/h7H,4-6H2,1-3H3;2*1H;/q;;;+2/p-2. The molecular weight excluding hydrogens is 220 g/mol. The van der Waals surface area contributed by atoms with Crippen LogP contribution in [0.1, 0.15) is 40.0 Å². The van der Waals surface area contributed by atoms with Crippen molar-refractivity contribution in [1.29, 1.82) is 0 Å². The molecule has 1 unspecified atom stereocenters. The molecular formula is C7H16Cl2Zn. The van der Waals surface area contributed by atoms with Crippen LogP contribution in [0.2, 0.25) is 0 Å². The Morgan fingerprint density at radius 1 is 1.30 bits per heavy atom. The molecule has 0 N–H and O–H groups in total. The Hall–Kier alpha value is 1.20. The van der Waals surface area contributed by atoms with Crippen molar-refractivity contribution < 1.29 is 15.1 Å². The zero-order chi connectivity index (χ0) is 8.41. The summed E-state index contributed by atoms with van der Waals surface area (Å²) in [7, 11) is 9.90. The summed E-state index contributed by atoms with van der Waals surface area (Å²) in [5, 5.41) is 0. The molecule has 0 aliphatic heterocycles. The first-order valence-corrected chi connectivity index (χ1v) is 11.6. The monoisotopic (exact) mass is 234 g/mol. The third kappa shape index (κ3) is 16.1. The van der Waals surface area contributed by atoms with Gasteiger partial charge in [0.2, 0.25) is 0 Å². The van der Waals surface area contributed by atoms with Gasteiger partial charge in [-0.15, -0.1) is 0 Å². The predicted molar refractivity (Wildman–Crippen MR) is 46.1 cm³/mol. The first kappa shape index (κ1) is 13.8. The van der Waals surface area contributed by atoms with Gasteiger partial charge in [0.1, 0.15) is 0 Å². The number of halogens is 2. The molecule has 0 heterocycles. The molecule has 60 valence electrons. The van der Waals surface area contributed by atoms with Crippen LogP contribution >= 0.6 is 19.4 Å². The summed E-state index contributed by atoms with van der Waals surface area (Å²) >= 11 is -0.931. The van der Waals surface area contributed by atoms with Crippen LogP contribution in [0.4, 0.5) is 0 Å². The molecule has 0 aromatic carbocycles. The maximum absolute atomic E-state index is 4.95. The van der Waals surface area contributed by atoms with Crippen LogP contribution in [0.15, 0.2) is 0 Å². The van der Waals surface area contributed by atoms with Crippen LogP contribution in [-0.2, 0) is 15.1 Å². The van der Waals surface area contributed by atoms with Gasteiger partial charge < -0.3 is 0 Å². The Morgan fingerprint density at radius 2 is 1.70 bits per heavy atom.